The highest BCUT2D eigenvalue weighted by atomic mass is 32.2. The maximum absolute atomic E-state index is 12.9. The largest absolute Gasteiger partial charge is 0.343 e. The molecule has 2 aromatic heterocycles. The molecule has 156 valence electrons. The number of anilines is 1. The lowest BCUT2D eigenvalue weighted by molar-refractivity contribution is 0.0997. The maximum Gasteiger partial charge on any atom is 0.259 e. The smallest absolute Gasteiger partial charge is 0.259 e. The first-order chi connectivity index (χ1) is 14.9. The molecule has 0 atom stereocenters. The summed E-state index contributed by atoms with van der Waals surface area (Å²) < 4.78 is 24.7. The van der Waals surface area contributed by atoms with Crippen molar-refractivity contribution in [1.29, 1.82) is 0 Å². The van der Waals surface area contributed by atoms with E-state index < -0.39 is 15.1 Å². The first-order valence-corrected chi connectivity index (χ1v) is 11.5. The second kappa shape index (κ2) is 7.02. The lowest BCUT2D eigenvalue weighted by Gasteiger charge is -2.14. The predicted molar refractivity (Wildman–Crippen MR) is 119 cm³/mol. The third-order valence-corrected chi connectivity index (χ3v) is 7.74. The van der Waals surface area contributed by atoms with Gasteiger partial charge in [-0.1, -0.05) is 30.3 Å². The molecule has 0 fully saturated rings. The Hall–Kier alpha value is -3.52. The van der Waals surface area contributed by atoms with E-state index in [1.165, 1.54) is 0 Å². The van der Waals surface area contributed by atoms with Crippen molar-refractivity contribution in [1.82, 2.24) is 15.0 Å². The summed E-state index contributed by atoms with van der Waals surface area (Å²) in [7, 11) is -3.34. The van der Waals surface area contributed by atoms with Crippen LogP contribution >= 0.6 is 0 Å². The highest BCUT2D eigenvalue weighted by Gasteiger charge is 2.30. The predicted octanol–water partition coefficient (Wildman–Crippen LogP) is 3.97. The number of carbonyl (C=O) groups is 1. The third kappa shape index (κ3) is 3.11. The minimum absolute atomic E-state index is 0.0630. The number of fused-ring (bicyclic) bond motifs is 2. The minimum atomic E-state index is -3.34. The number of H-pyrrole nitrogens is 1. The Morgan fingerprint density at radius 2 is 1.81 bits per heavy atom. The van der Waals surface area contributed by atoms with Crippen molar-refractivity contribution >= 4 is 32.6 Å². The Kier molecular flexibility index (Phi) is 4.40. The van der Waals surface area contributed by atoms with Crippen LogP contribution in [-0.4, -0.2) is 34.5 Å². The summed E-state index contributed by atoms with van der Waals surface area (Å²) in [6.07, 6.45) is 3.38. The molecule has 5 rings (SSSR count). The van der Waals surface area contributed by atoms with Gasteiger partial charge in [0.15, 0.2) is 15.5 Å². The molecule has 0 spiro atoms. The monoisotopic (exact) mass is 432 g/mol. The van der Waals surface area contributed by atoms with Crippen LogP contribution in [0.5, 0.6) is 0 Å². The van der Waals surface area contributed by atoms with E-state index >= 15 is 0 Å². The second-order valence-electron chi connectivity index (χ2n) is 7.79. The minimum Gasteiger partial charge on any atom is -0.343 e. The molecule has 0 saturated heterocycles. The van der Waals surface area contributed by atoms with Gasteiger partial charge in [0.1, 0.15) is 5.52 Å². The van der Waals surface area contributed by atoms with Gasteiger partial charge >= 0.3 is 0 Å². The van der Waals surface area contributed by atoms with Gasteiger partial charge in [0, 0.05) is 17.3 Å². The summed E-state index contributed by atoms with van der Waals surface area (Å²) in [5.74, 6) is -0.0630. The Morgan fingerprint density at radius 1 is 1.06 bits per heavy atom. The molecule has 1 aliphatic rings. The summed E-state index contributed by atoms with van der Waals surface area (Å²) in [6, 6.07) is 14.2. The molecule has 7 nitrogen and oxygen atoms in total. The summed E-state index contributed by atoms with van der Waals surface area (Å²) in [4.78, 5) is 27.1. The van der Waals surface area contributed by atoms with Crippen molar-refractivity contribution in [3.63, 3.8) is 0 Å². The summed E-state index contributed by atoms with van der Waals surface area (Å²) in [5.41, 5.74) is 4.88. The molecular formula is C23H20N4O3S. The van der Waals surface area contributed by atoms with Crippen molar-refractivity contribution in [2.75, 3.05) is 4.90 Å². The zero-order valence-electron chi connectivity index (χ0n) is 17.0. The summed E-state index contributed by atoms with van der Waals surface area (Å²) in [5, 5.41) is -0.487. The molecular weight excluding hydrogens is 412 g/mol. The first-order valence-electron chi connectivity index (χ1n) is 9.94. The van der Waals surface area contributed by atoms with Gasteiger partial charge in [-0.25, -0.2) is 18.4 Å². The molecule has 31 heavy (non-hydrogen) atoms. The van der Waals surface area contributed by atoms with Crippen LogP contribution in [-0.2, 0) is 16.4 Å². The van der Waals surface area contributed by atoms with Crippen molar-refractivity contribution in [2.24, 2.45) is 0 Å². The quantitative estimate of drug-likeness (QED) is 0.526. The van der Waals surface area contributed by atoms with E-state index in [2.05, 4.69) is 9.97 Å². The van der Waals surface area contributed by atoms with E-state index in [0.29, 0.717) is 34.7 Å². The van der Waals surface area contributed by atoms with E-state index in [4.69, 9.17) is 4.98 Å². The second-order valence-corrected chi connectivity index (χ2v) is 10.3. The summed E-state index contributed by atoms with van der Waals surface area (Å²) >= 11 is 0. The highest BCUT2D eigenvalue weighted by Crippen LogP contribution is 2.33. The van der Waals surface area contributed by atoms with E-state index in [-0.39, 0.29) is 10.8 Å². The normalized spacial score (nSPS) is 13.9. The molecule has 4 aromatic rings. The fourth-order valence-electron chi connectivity index (χ4n) is 3.76. The van der Waals surface area contributed by atoms with Gasteiger partial charge in [0.2, 0.25) is 0 Å². The van der Waals surface area contributed by atoms with Crippen LogP contribution in [0.3, 0.4) is 0 Å². The van der Waals surface area contributed by atoms with Gasteiger partial charge in [0.05, 0.1) is 34.3 Å². The number of sulfone groups is 1. The number of nitrogens with zero attached hydrogens (tertiary/aromatic N) is 3. The fourth-order valence-corrected chi connectivity index (χ4v) is 4.82. The average molecular weight is 433 g/mol. The van der Waals surface area contributed by atoms with Gasteiger partial charge < -0.3 is 9.88 Å². The van der Waals surface area contributed by atoms with Crippen LogP contribution in [0, 0.1) is 0 Å². The number of aromatic amines is 1. The lowest BCUT2D eigenvalue weighted by atomic mass is 10.1. The molecule has 0 aliphatic carbocycles. The molecule has 0 saturated carbocycles. The van der Waals surface area contributed by atoms with Gasteiger partial charge in [-0.15, -0.1) is 0 Å². The van der Waals surface area contributed by atoms with Crippen LogP contribution in [0.2, 0.25) is 0 Å². The van der Waals surface area contributed by atoms with Crippen molar-refractivity contribution in [3.05, 3.63) is 72.1 Å². The molecule has 0 bridgehead atoms. The summed E-state index contributed by atoms with van der Waals surface area (Å²) in [6.45, 7) is 3.80. The van der Waals surface area contributed by atoms with Gasteiger partial charge in [-0.05, 0) is 37.6 Å². The SMILES string of the molecule is CC(C)S(=O)(=O)c1ccc(-c2cnc3[nH]cc(N4Cc5ccccc5C4=O)c3n2)cc1. The van der Waals surface area contributed by atoms with Crippen LogP contribution < -0.4 is 4.90 Å². The maximum atomic E-state index is 12.9. The average Bonchev–Trinajstić information content (AvgIpc) is 3.34. The number of benzene rings is 2. The number of amides is 1. The highest BCUT2D eigenvalue weighted by molar-refractivity contribution is 7.92. The number of rotatable bonds is 4. The van der Waals surface area contributed by atoms with E-state index in [1.54, 1.807) is 55.4 Å². The van der Waals surface area contributed by atoms with Crippen molar-refractivity contribution in [2.45, 2.75) is 30.5 Å². The third-order valence-electron chi connectivity index (χ3n) is 5.57. The van der Waals surface area contributed by atoms with Crippen molar-refractivity contribution < 1.29 is 13.2 Å². The van der Waals surface area contributed by atoms with Crippen LogP contribution in [0.4, 0.5) is 5.69 Å². The number of carbonyl (C=O) groups excluding carboxylic acids is 1. The molecule has 1 aliphatic heterocycles. The Labute approximate surface area is 179 Å². The number of hydrogen-bond acceptors (Lipinski definition) is 5. The molecule has 8 heteroatoms. The number of aromatic nitrogens is 3. The standard InChI is InChI=1S/C23H20N4O3S/c1-14(2)31(29,30)17-9-7-15(8-10-17)19-11-24-22-21(26-19)20(12-25-22)27-13-16-5-3-4-6-18(16)23(27)28/h3-12,14H,13H2,1-2H3,(H,24,25). The van der Waals surface area contributed by atoms with Crippen molar-refractivity contribution in [3.8, 4) is 11.3 Å². The van der Waals surface area contributed by atoms with Crippen LogP contribution in [0.15, 0.2) is 65.8 Å². The Morgan fingerprint density at radius 3 is 2.52 bits per heavy atom. The number of hydrogen-bond donors (Lipinski definition) is 1. The molecule has 2 aromatic carbocycles. The number of nitrogens with one attached hydrogen (secondary N) is 1. The Bertz CT molecular complexity index is 1420. The van der Waals surface area contributed by atoms with Gasteiger partial charge in [-0.3, -0.25) is 4.79 Å². The molecule has 1 N–H and O–H groups in total. The van der Waals surface area contributed by atoms with E-state index in [9.17, 15) is 13.2 Å². The van der Waals surface area contributed by atoms with Gasteiger partial charge in [0.25, 0.3) is 5.91 Å². The Balaban J connectivity index is 1.53. The first kappa shape index (κ1) is 19.4. The molecule has 1 amide bonds. The zero-order chi connectivity index (χ0) is 21.8. The zero-order valence-corrected chi connectivity index (χ0v) is 17.8. The fraction of sp³-hybridized carbons (Fsp3) is 0.174. The van der Waals surface area contributed by atoms with Gasteiger partial charge in [-0.2, -0.15) is 0 Å². The molecule has 0 unspecified atom stereocenters. The van der Waals surface area contributed by atoms with Crippen LogP contribution in [0.1, 0.15) is 29.8 Å². The molecule has 3 heterocycles. The topological polar surface area (TPSA) is 96.0 Å². The lowest BCUT2D eigenvalue weighted by Crippen LogP contribution is -2.22. The molecule has 0 radical (unpaired) electrons. The van der Waals surface area contributed by atoms with E-state index in [1.807, 2.05) is 24.3 Å². The van der Waals surface area contributed by atoms with E-state index in [0.717, 1.165) is 11.1 Å². The van der Waals surface area contributed by atoms with Crippen LogP contribution in [0.25, 0.3) is 22.4 Å².